The maximum absolute atomic E-state index is 13.4. The summed E-state index contributed by atoms with van der Waals surface area (Å²) >= 11 is 0. The second-order valence-electron chi connectivity index (χ2n) is 7.01. The van der Waals surface area contributed by atoms with Crippen LogP contribution in [-0.2, 0) is 0 Å². The molecule has 0 bridgehead atoms. The molecule has 1 saturated heterocycles. The summed E-state index contributed by atoms with van der Waals surface area (Å²) in [6.07, 6.45) is -2.54. The van der Waals surface area contributed by atoms with Gasteiger partial charge in [0, 0.05) is 50.0 Å². The predicted octanol–water partition coefficient (Wildman–Crippen LogP) is 1.54. The van der Waals surface area contributed by atoms with Crippen LogP contribution in [0.4, 0.5) is 23.7 Å². The van der Waals surface area contributed by atoms with Crippen molar-refractivity contribution in [1.82, 2.24) is 20.9 Å². The first-order valence-electron chi connectivity index (χ1n) is 9.30. The molecule has 1 aromatic rings. The van der Waals surface area contributed by atoms with Crippen molar-refractivity contribution in [3.05, 3.63) is 29.8 Å². The molecule has 7 nitrogen and oxygen atoms in total. The zero-order valence-electron chi connectivity index (χ0n) is 15.3. The van der Waals surface area contributed by atoms with Gasteiger partial charge in [0.2, 0.25) is 0 Å². The van der Waals surface area contributed by atoms with Crippen LogP contribution >= 0.6 is 0 Å². The van der Waals surface area contributed by atoms with Gasteiger partial charge in [0.25, 0.3) is 5.91 Å². The Hall–Kier alpha value is -2.33. The molecule has 1 aromatic carbocycles. The van der Waals surface area contributed by atoms with E-state index in [1.807, 2.05) is 0 Å². The summed E-state index contributed by atoms with van der Waals surface area (Å²) in [5.41, 5.74) is 0.589. The Balaban J connectivity index is 1.58. The lowest BCUT2D eigenvalue weighted by atomic mass is 10.1. The van der Waals surface area contributed by atoms with Crippen LogP contribution in [0, 0.1) is 0 Å². The van der Waals surface area contributed by atoms with Crippen LogP contribution in [-0.4, -0.2) is 67.8 Å². The number of rotatable bonds is 6. The van der Waals surface area contributed by atoms with Crippen LogP contribution in [0.15, 0.2) is 24.3 Å². The second kappa shape index (κ2) is 8.78. The number of hydrogen-bond donors (Lipinski definition) is 4. The molecule has 10 heteroatoms. The van der Waals surface area contributed by atoms with Gasteiger partial charge in [-0.1, -0.05) is 6.07 Å². The van der Waals surface area contributed by atoms with Crippen LogP contribution in [0.5, 0.6) is 0 Å². The predicted molar refractivity (Wildman–Crippen MR) is 98.2 cm³/mol. The number of amides is 3. The Labute approximate surface area is 161 Å². The van der Waals surface area contributed by atoms with Crippen molar-refractivity contribution in [1.29, 1.82) is 0 Å². The molecule has 1 unspecified atom stereocenters. The average Bonchev–Trinajstić information content (AvgIpc) is 3.45. The first kappa shape index (κ1) is 20.4. The standard InChI is InChI=1S/C18H24F3N5O2/c19-18(20,21)15(26-8-6-22-7-9-26)11-23-16(27)12-2-1-3-14(10-12)25-17(28)24-13-4-5-13/h1-3,10,13,15,22H,4-9,11H2,(H,23,27)(H2,24,25,28). The van der Waals surface area contributed by atoms with E-state index in [1.165, 1.54) is 17.0 Å². The number of urea groups is 1. The molecule has 0 spiro atoms. The van der Waals surface area contributed by atoms with Crippen LogP contribution in [0.25, 0.3) is 0 Å². The van der Waals surface area contributed by atoms with Gasteiger partial charge in [-0.3, -0.25) is 9.69 Å². The molecule has 1 atom stereocenters. The highest BCUT2D eigenvalue weighted by Gasteiger charge is 2.43. The third-order valence-corrected chi connectivity index (χ3v) is 4.72. The van der Waals surface area contributed by atoms with Gasteiger partial charge in [-0.05, 0) is 31.0 Å². The minimum atomic E-state index is -4.44. The molecule has 3 amide bonds. The molecule has 1 aliphatic heterocycles. The first-order valence-corrected chi connectivity index (χ1v) is 9.30. The summed E-state index contributed by atoms with van der Waals surface area (Å²) in [7, 11) is 0. The lowest BCUT2D eigenvalue weighted by Crippen LogP contribution is -2.57. The topological polar surface area (TPSA) is 85.5 Å². The molecular formula is C18H24F3N5O2. The largest absolute Gasteiger partial charge is 0.405 e. The van der Waals surface area contributed by atoms with Crippen molar-refractivity contribution in [2.45, 2.75) is 31.1 Å². The summed E-state index contributed by atoms with van der Waals surface area (Å²) in [6.45, 7) is 0.988. The number of benzene rings is 1. The SMILES string of the molecule is O=C(Nc1cccc(C(=O)NCC(N2CCNCC2)C(F)(F)F)c1)NC1CC1. The Morgan fingerprint density at radius 3 is 2.57 bits per heavy atom. The highest BCUT2D eigenvalue weighted by atomic mass is 19.4. The third-order valence-electron chi connectivity index (χ3n) is 4.72. The third kappa shape index (κ3) is 5.83. The number of halogens is 3. The van der Waals surface area contributed by atoms with E-state index in [0.717, 1.165) is 12.8 Å². The van der Waals surface area contributed by atoms with Crippen LogP contribution in [0.3, 0.4) is 0 Å². The maximum atomic E-state index is 13.4. The van der Waals surface area contributed by atoms with E-state index in [0.29, 0.717) is 18.8 Å². The molecule has 1 heterocycles. The number of anilines is 1. The highest BCUT2D eigenvalue weighted by molar-refractivity contribution is 5.97. The zero-order valence-corrected chi connectivity index (χ0v) is 15.3. The van der Waals surface area contributed by atoms with Gasteiger partial charge in [0.1, 0.15) is 6.04 Å². The monoisotopic (exact) mass is 399 g/mol. The van der Waals surface area contributed by atoms with Crippen molar-refractivity contribution in [2.24, 2.45) is 0 Å². The van der Waals surface area contributed by atoms with E-state index < -0.39 is 24.7 Å². The number of nitrogens with zero attached hydrogens (tertiary/aromatic N) is 1. The van der Waals surface area contributed by atoms with Gasteiger partial charge in [-0.25, -0.2) is 4.79 Å². The Morgan fingerprint density at radius 2 is 1.93 bits per heavy atom. The summed E-state index contributed by atoms with van der Waals surface area (Å²) in [6, 6.07) is 4.21. The molecule has 1 aliphatic carbocycles. The molecule has 2 fully saturated rings. The molecule has 4 N–H and O–H groups in total. The Bertz CT molecular complexity index is 703. The Morgan fingerprint density at radius 1 is 1.21 bits per heavy atom. The molecule has 3 rings (SSSR count). The summed E-state index contributed by atoms with van der Waals surface area (Å²) in [5.74, 6) is -0.615. The van der Waals surface area contributed by atoms with E-state index in [1.54, 1.807) is 12.1 Å². The van der Waals surface area contributed by atoms with Crippen LogP contribution in [0.1, 0.15) is 23.2 Å². The van der Waals surface area contributed by atoms with Gasteiger partial charge >= 0.3 is 12.2 Å². The summed E-state index contributed by atoms with van der Waals surface area (Å²) in [5, 5.41) is 10.8. The van der Waals surface area contributed by atoms with E-state index in [2.05, 4.69) is 21.3 Å². The quantitative estimate of drug-likeness (QED) is 0.585. The number of carbonyl (C=O) groups excluding carboxylic acids is 2. The molecule has 2 aliphatic rings. The number of carbonyl (C=O) groups is 2. The van der Waals surface area contributed by atoms with Gasteiger partial charge in [0.15, 0.2) is 0 Å². The van der Waals surface area contributed by atoms with Gasteiger partial charge in [-0.2, -0.15) is 13.2 Å². The highest BCUT2D eigenvalue weighted by Crippen LogP contribution is 2.25. The molecule has 1 saturated carbocycles. The summed E-state index contributed by atoms with van der Waals surface area (Å²) in [4.78, 5) is 25.5. The minimum absolute atomic E-state index is 0.186. The fourth-order valence-electron chi connectivity index (χ4n) is 3.06. The van der Waals surface area contributed by atoms with Crippen molar-refractivity contribution in [3.63, 3.8) is 0 Å². The molecular weight excluding hydrogens is 375 g/mol. The number of piperazine rings is 1. The lowest BCUT2D eigenvalue weighted by molar-refractivity contribution is -0.183. The number of alkyl halides is 3. The molecule has 0 aromatic heterocycles. The van der Waals surface area contributed by atoms with Crippen molar-refractivity contribution in [3.8, 4) is 0 Å². The van der Waals surface area contributed by atoms with Gasteiger partial charge < -0.3 is 21.3 Å². The maximum Gasteiger partial charge on any atom is 0.405 e. The smallest absolute Gasteiger partial charge is 0.350 e. The zero-order chi connectivity index (χ0) is 20.1. The second-order valence-corrected chi connectivity index (χ2v) is 7.01. The normalized spacial score (nSPS) is 19.0. The molecule has 154 valence electrons. The average molecular weight is 399 g/mol. The fraction of sp³-hybridized carbons (Fsp3) is 0.556. The van der Waals surface area contributed by atoms with E-state index >= 15 is 0 Å². The Kier molecular flexibility index (Phi) is 6.40. The van der Waals surface area contributed by atoms with Crippen molar-refractivity contribution < 1.29 is 22.8 Å². The van der Waals surface area contributed by atoms with Crippen LogP contribution < -0.4 is 21.3 Å². The minimum Gasteiger partial charge on any atom is -0.350 e. The summed E-state index contributed by atoms with van der Waals surface area (Å²) < 4.78 is 40.2. The number of hydrogen-bond acceptors (Lipinski definition) is 4. The van der Waals surface area contributed by atoms with Crippen LogP contribution in [0.2, 0.25) is 0 Å². The van der Waals surface area contributed by atoms with Gasteiger partial charge in [-0.15, -0.1) is 0 Å². The van der Waals surface area contributed by atoms with Crippen molar-refractivity contribution in [2.75, 3.05) is 38.0 Å². The fourth-order valence-corrected chi connectivity index (χ4v) is 3.06. The number of nitrogens with one attached hydrogen (secondary N) is 4. The van der Waals surface area contributed by atoms with E-state index in [-0.39, 0.29) is 30.7 Å². The van der Waals surface area contributed by atoms with E-state index in [9.17, 15) is 22.8 Å². The van der Waals surface area contributed by atoms with Crippen molar-refractivity contribution >= 4 is 17.6 Å². The first-order chi connectivity index (χ1) is 13.3. The lowest BCUT2D eigenvalue weighted by Gasteiger charge is -2.35. The molecule has 0 radical (unpaired) electrons. The molecule has 28 heavy (non-hydrogen) atoms. The van der Waals surface area contributed by atoms with E-state index in [4.69, 9.17) is 0 Å². The van der Waals surface area contributed by atoms with Gasteiger partial charge in [0.05, 0.1) is 0 Å².